The van der Waals surface area contributed by atoms with Crippen molar-refractivity contribution in [1.82, 2.24) is 0 Å². The van der Waals surface area contributed by atoms with Crippen LogP contribution in [0.5, 0.6) is 11.5 Å². The zero-order valence-corrected chi connectivity index (χ0v) is 14.6. The minimum atomic E-state index is -0.230. The number of ether oxygens (including phenoxy) is 1. The van der Waals surface area contributed by atoms with Gasteiger partial charge in [0.2, 0.25) is 5.91 Å². The highest BCUT2D eigenvalue weighted by molar-refractivity contribution is 5.91. The van der Waals surface area contributed by atoms with Crippen LogP contribution in [0.3, 0.4) is 0 Å². The van der Waals surface area contributed by atoms with Crippen LogP contribution in [0.15, 0.2) is 54.6 Å². The number of amides is 2. The summed E-state index contributed by atoms with van der Waals surface area (Å²) in [5.74, 6) is 1.18. The molecule has 2 amide bonds. The maximum absolute atomic E-state index is 12.2. The molecule has 0 aromatic heterocycles. The monoisotopic (exact) mass is 354 g/mol. The van der Waals surface area contributed by atoms with Gasteiger partial charge >= 0.3 is 0 Å². The Morgan fingerprint density at radius 2 is 1.62 bits per heavy atom. The van der Waals surface area contributed by atoms with Crippen molar-refractivity contribution < 1.29 is 19.2 Å². The normalized spacial score (nSPS) is 19.5. The third-order valence-electron chi connectivity index (χ3n) is 4.62. The summed E-state index contributed by atoms with van der Waals surface area (Å²) in [6.45, 7) is 1.99. The van der Waals surface area contributed by atoms with Gasteiger partial charge in [0.05, 0.1) is 13.1 Å². The molecule has 1 aliphatic rings. The van der Waals surface area contributed by atoms with Crippen LogP contribution in [-0.2, 0) is 9.59 Å². The van der Waals surface area contributed by atoms with Crippen molar-refractivity contribution in [2.24, 2.45) is 11.7 Å². The number of nitrogens with two attached hydrogens (primary N) is 1. The van der Waals surface area contributed by atoms with Gasteiger partial charge in [-0.25, -0.2) is 0 Å². The molecule has 0 saturated carbocycles. The fourth-order valence-corrected chi connectivity index (χ4v) is 3.15. The molecule has 3 rings (SSSR count). The molecule has 1 heterocycles. The molecule has 1 saturated heterocycles. The van der Waals surface area contributed by atoms with Crippen molar-refractivity contribution in [3.05, 3.63) is 54.6 Å². The summed E-state index contributed by atoms with van der Waals surface area (Å²) < 4.78 is 5.73. The second-order valence-corrected chi connectivity index (χ2v) is 6.59. The van der Waals surface area contributed by atoms with E-state index in [1.54, 1.807) is 0 Å². The average Bonchev–Trinajstić information content (AvgIpc) is 2.64. The van der Waals surface area contributed by atoms with Gasteiger partial charge in [-0.3, -0.25) is 9.59 Å². The van der Waals surface area contributed by atoms with Gasteiger partial charge in [-0.05, 0) is 36.4 Å². The fraction of sp³-hybridized carbons (Fsp3) is 0.300. The molecule has 1 fully saturated rings. The molecule has 0 unspecified atom stereocenters. The number of hydrogen-bond acceptors (Lipinski definition) is 3. The highest BCUT2D eigenvalue weighted by Crippen LogP contribution is 2.22. The summed E-state index contributed by atoms with van der Waals surface area (Å²) in [7, 11) is 0. The predicted octanol–water partition coefficient (Wildman–Crippen LogP) is 1.20. The van der Waals surface area contributed by atoms with E-state index in [1.165, 1.54) is 4.90 Å². The van der Waals surface area contributed by atoms with Crippen molar-refractivity contribution in [1.29, 1.82) is 0 Å². The fourth-order valence-electron chi connectivity index (χ4n) is 3.15. The Morgan fingerprint density at radius 3 is 2.23 bits per heavy atom. The van der Waals surface area contributed by atoms with E-state index in [1.807, 2.05) is 54.6 Å². The van der Waals surface area contributed by atoms with Crippen molar-refractivity contribution in [2.45, 2.75) is 12.8 Å². The molecule has 0 radical (unpaired) electrons. The molecular formula is C20H24N3O3+. The Balaban J connectivity index is 1.46. The lowest BCUT2D eigenvalue weighted by molar-refractivity contribution is -0.897. The lowest BCUT2D eigenvalue weighted by Crippen LogP contribution is -3.14. The molecule has 2 aromatic carbocycles. The molecule has 0 aliphatic carbocycles. The molecule has 0 spiro atoms. The molecule has 26 heavy (non-hydrogen) atoms. The van der Waals surface area contributed by atoms with Crippen LogP contribution in [-0.4, -0.2) is 31.4 Å². The van der Waals surface area contributed by atoms with Crippen LogP contribution in [0.2, 0.25) is 0 Å². The quantitative estimate of drug-likeness (QED) is 0.729. The number of hydrogen-bond donors (Lipinski definition) is 3. The largest absolute Gasteiger partial charge is 0.457 e. The Hall–Kier alpha value is -2.86. The number of anilines is 1. The topological polar surface area (TPSA) is 85.9 Å². The number of carbonyl (C=O) groups is 2. The first-order valence-electron chi connectivity index (χ1n) is 8.86. The summed E-state index contributed by atoms with van der Waals surface area (Å²) in [6, 6.07) is 16.8. The summed E-state index contributed by atoms with van der Waals surface area (Å²) in [5.41, 5.74) is 6.08. The second-order valence-electron chi connectivity index (χ2n) is 6.59. The number of carbonyl (C=O) groups excluding carboxylic acids is 2. The number of primary amides is 1. The molecule has 136 valence electrons. The maximum atomic E-state index is 12.2. The van der Waals surface area contributed by atoms with E-state index in [9.17, 15) is 9.59 Å². The zero-order valence-electron chi connectivity index (χ0n) is 14.6. The molecule has 6 nitrogen and oxygen atoms in total. The van der Waals surface area contributed by atoms with E-state index in [0.29, 0.717) is 12.3 Å². The average molecular weight is 354 g/mol. The summed E-state index contributed by atoms with van der Waals surface area (Å²) in [6.07, 6.45) is 1.51. The van der Waals surface area contributed by atoms with E-state index < -0.39 is 0 Å². The minimum Gasteiger partial charge on any atom is -0.457 e. The van der Waals surface area contributed by atoms with Crippen LogP contribution in [0, 0.1) is 5.92 Å². The van der Waals surface area contributed by atoms with Crippen LogP contribution < -0.4 is 20.7 Å². The van der Waals surface area contributed by atoms with Crippen molar-refractivity contribution in [2.75, 3.05) is 25.0 Å². The van der Waals surface area contributed by atoms with E-state index in [4.69, 9.17) is 10.5 Å². The van der Waals surface area contributed by atoms with Crippen molar-refractivity contribution in [3.8, 4) is 11.5 Å². The van der Waals surface area contributed by atoms with Gasteiger partial charge in [0.25, 0.3) is 5.91 Å². The minimum absolute atomic E-state index is 0.0331. The van der Waals surface area contributed by atoms with E-state index >= 15 is 0 Å². The first-order valence-corrected chi connectivity index (χ1v) is 8.86. The second kappa shape index (κ2) is 8.49. The van der Waals surface area contributed by atoms with Gasteiger partial charge in [-0.15, -0.1) is 0 Å². The molecule has 2 aromatic rings. The van der Waals surface area contributed by atoms with Gasteiger partial charge in [0, 0.05) is 24.4 Å². The Bertz CT molecular complexity index is 739. The SMILES string of the molecule is NC(=O)C1CC[NH+](CC(=O)Nc2ccc(Oc3ccccc3)cc2)CC1. The standard InChI is InChI=1S/C20H23N3O3/c21-20(25)15-10-12-23(13-11-15)14-19(24)22-16-6-8-18(9-7-16)26-17-4-2-1-3-5-17/h1-9,15H,10-14H2,(H2,21,25)(H,22,24)/p+1. The molecule has 4 N–H and O–H groups in total. The van der Waals surface area contributed by atoms with Gasteiger partial charge in [0.1, 0.15) is 11.5 Å². The molecular weight excluding hydrogens is 330 g/mol. The number of nitrogens with one attached hydrogen (secondary N) is 2. The lowest BCUT2D eigenvalue weighted by Gasteiger charge is -2.27. The Labute approximate surface area is 152 Å². The van der Waals surface area contributed by atoms with Gasteiger partial charge in [0.15, 0.2) is 6.54 Å². The third-order valence-corrected chi connectivity index (χ3v) is 4.62. The number of benzene rings is 2. The number of rotatable bonds is 6. The van der Waals surface area contributed by atoms with Crippen LogP contribution in [0.1, 0.15) is 12.8 Å². The maximum Gasteiger partial charge on any atom is 0.279 e. The Morgan fingerprint density at radius 1 is 1.00 bits per heavy atom. The highest BCUT2D eigenvalue weighted by atomic mass is 16.5. The lowest BCUT2D eigenvalue weighted by atomic mass is 9.96. The van der Waals surface area contributed by atoms with Crippen LogP contribution in [0.4, 0.5) is 5.69 Å². The first-order chi connectivity index (χ1) is 12.6. The smallest absolute Gasteiger partial charge is 0.279 e. The van der Waals surface area contributed by atoms with Crippen molar-refractivity contribution >= 4 is 17.5 Å². The van der Waals surface area contributed by atoms with E-state index in [2.05, 4.69) is 5.32 Å². The summed E-state index contributed by atoms with van der Waals surface area (Å²) >= 11 is 0. The molecule has 0 atom stereocenters. The van der Waals surface area contributed by atoms with E-state index in [-0.39, 0.29) is 17.7 Å². The summed E-state index contributed by atoms with van der Waals surface area (Å²) in [4.78, 5) is 24.6. The predicted molar refractivity (Wildman–Crippen MR) is 99.1 cm³/mol. The number of piperidine rings is 1. The summed E-state index contributed by atoms with van der Waals surface area (Å²) in [5, 5.41) is 2.91. The highest BCUT2D eigenvalue weighted by Gasteiger charge is 2.26. The number of para-hydroxylation sites is 1. The molecule has 0 bridgehead atoms. The number of quaternary nitrogens is 1. The van der Waals surface area contributed by atoms with Gasteiger partial charge in [-0.1, -0.05) is 18.2 Å². The van der Waals surface area contributed by atoms with Gasteiger partial charge < -0.3 is 20.7 Å². The van der Waals surface area contributed by atoms with E-state index in [0.717, 1.165) is 37.4 Å². The number of likely N-dealkylation sites (tertiary alicyclic amines) is 1. The first kappa shape index (κ1) is 17.9. The van der Waals surface area contributed by atoms with Gasteiger partial charge in [-0.2, -0.15) is 0 Å². The molecule has 1 aliphatic heterocycles. The Kier molecular flexibility index (Phi) is 5.86. The molecule has 6 heteroatoms. The van der Waals surface area contributed by atoms with Crippen molar-refractivity contribution in [3.63, 3.8) is 0 Å². The third kappa shape index (κ3) is 5.07. The zero-order chi connectivity index (χ0) is 18.4. The van der Waals surface area contributed by atoms with Crippen LogP contribution in [0.25, 0.3) is 0 Å². The van der Waals surface area contributed by atoms with Crippen LogP contribution >= 0.6 is 0 Å².